The number of azo groups is 1. The van der Waals surface area contributed by atoms with Gasteiger partial charge in [0.05, 0.1) is 18.0 Å². The fraction of sp³-hybridized carbons (Fsp3) is 0.435. The van der Waals surface area contributed by atoms with Crippen molar-refractivity contribution in [1.82, 2.24) is 0 Å². The van der Waals surface area contributed by atoms with Crippen LogP contribution in [0.5, 0.6) is 0 Å². The smallest absolute Gasteiger partial charge is 0.305 e. The molecule has 0 bridgehead atoms. The molecule has 0 saturated heterocycles. The zero-order valence-corrected chi connectivity index (χ0v) is 19.5. The molecular weight excluding hydrogens is 447 g/mol. The molecule has 0 heterocycles. The molecule has 2 rings (SSSR count). The number of hydrogen-bond donors (Lipinski definition) is 2. The Labute approximate surface area is 193 Å². The van der Waals surface area contributed by atoms with E-state index in [4.69, 9.17) is 9.63 Å². The molecule has 0 aliphatic carbocycles. The molecule has 0 aliphatic rings. The van der Waals surface area contributed by atoms with E-state index in [0.717, 1.165) is 23.4 Å². The topological polar surface area (TPSA) is 141 Å². The van der Waals surface area contributed by atoms with Crippen LogP contribution in [-0.4, -0.2) is 35.3 Å². The Kier molecular flexibility index (Phi) is 11.4. The molecule has 0 radical (unpaired) electrons. The Morgan fingerprint density at radius 2 is 1.48 bits per heavy atom. The lowest BCUT2D eigenvalue weighted by atomic mass is 10.1. The highest BCUT2D eigenvalue weighted by Gasteiger charge is 2.12. The largest absolute Gasteiger partial charge is 0.756 e. The minimum absolute atomic E-state index is 0.142. The molecule has 0 amide bonds. The number of carbonyl (C=O) groups excluding carboxylic acids is 1. The Bertz CT molecular complexity index is 927. The lowest BCUT2D eigenvalue weighted by molar-refractivity contribution is -0.222. The maximum atomic E-state index is 11.7. The number of aryl methyl sites for hydroxylation is 2. The molecule has 0 aromatic heterocycles. The minimum atomic E-state index is -4.91. The predicted molar refractivity (Wildman–Crippen MR) is 121 cm³/mol. The van der Waals surface area contributed by atoms with Crippen molar-refractivity contribution in [2.45, 2.75) is 51.6 Å². The van der Waals surface area contributed by atoms with E-state index in [0.29, 0.717) is 12.8 Å². The van der Waals surface area contributed by atoms with Gasteiger partial charge in [-0.2, -0.15) is 10.2 Å². The van der Waals surface area contributed by atoms with E-state index in [1.165, 1.54) is 18.4 Å². The Morgan fingerprint density at radius 3 is 1.97 bits per heavy atom. The van der Waals surface area contributed by atoms with E-state index in [9.17, 15) is 19.4 Å². The third-order valence-corrected chi connectivity index (χ3v) is 5.16. The van der Waals surface area contributed by atoms with Crippen LogP contribution in [0, 0.1) is 0 Å². The van der Waals surface area contributed by atoms with E-state index in [1.54, 1.807) is 0 Å². The molecule has 10 heteroatoms. The highest BCUT2D eigenvalue weighted by molar-refractivity contribution is 7.44. The Balaban J connectivity index is 1.69. The minimum Gasteiger partial charge on any atom is -0.756 e. The number of carbonyl (C=O) groups is 1. The first-order chi connectivity index (χ1) is 15.7. The van der Waals surface area contributed by atoms with Crippen molar-refractivity contribution in [1.29, 1.82) is 0 Å². The van der Waals surface area contributed by atoms with E-state index in [2.05, 4.69) is 33.8 Å². The summed E-state index contributed by atoms with van der Waals surface area (Å²) >= 11 is 0. The van der Waals surface area contributed by atoms with Crippen molar-refractivity contribution in [3.05, 3.63) is 59.7 Å². The SMILES string of the molecule is CCCCc1ccc(N=Nc2ccc(CCCC(=O)OC[C@@H](O)COP(=O)([O-])O)cc2)cc1. The molecule has 0 aliphatic heterocycles. The summed E-state index contributed by atoms with van der Waals surface area (Å²) in [4.78, 5) is 30.6. The maximum Gasteiger partial charge on any atom is 0.305 e. The van der Waals surface area contributed by atoms with Gasteiger partial charge in [-0.1, -0.05) is 37.6 Å². The zero-order valence-electron chi connectivity index (χ0n) is 18.6. The van der Waals surface area contributed by atoms with Gasteiger partial charge in [-0.05, 0) is 61.1 Å². The molecule has 1 unspecified atom stereocenters. The monoisotopic (exact) mass is 477 g/mol. The second-order valence-electron chi connectivity index (χ2n) is 7.59. The van der Waals surface area contributed by atoms with Crippen molar-refractivity contribution in [2.24, 2.45) is 10.2 Å². The molecule has 33 heavy (non-hydrogen) atoms. The molecule has 2 N–H and O–H groups in total. The zero-order chi connectivity index (χ0) is 24.1. The first-order valence-corrected chi connectivity index (χ1v) is 12.4. The van der Waals surface area contributed by atoms with Crippen LogP contribution >= 0.6 is 7.82 Å². The van der Waals surface area contributed by atoms with Crippen LogP contribution in [0.15, 0.2) is 58.8 Å². The van der Waals surface area contributed by atoms with Crippen LogP contribution in [0.4, 0.5) is 11.4 Å². The van der Waals surface area contributed by atoms with Gasteiger partial charge in [0.2, 0.25) is 0 Å². The molecule has 0 spiro atoms. The number of hydrogen-bond acceptors (Lipinski definition) is 8. The lowest BCUT2D eigenvalue weighted by Gasteiger charge is -2.18. The van der Waals surface area contributed by atoms with Crippen molar-refractivity contribution in [2.75, 3.05) is 13.2 Å². The number of nitrogens with zero attached hydrogens (tertiary/aromatic N) is 2. The third-order valence-electron chi connectivity index (χ3n) is 4.69. The standard InChI is InChI=1S/C23H31N2O7P/c1-2-3-5-18-8-12-20(13-9-18)24-25-21-14-10-19(11-15-21)6-4-7-23(27)31-16-22(26)17-32-33(28,29)30/h8-15,22,26H,2-7,16-17H2,1H3,(H2,28,29,30)/p-1/t22-/m1/s1. The van der Waals surface area contributed by atoms with Crippen molar-refractivity contribution < 1.29 is 33.5 Å². The summed E-state index contributed by atoms with van der Waals surface area (Å²) in [6.45, 7) is 1.08. The van der Waals surface area contributed by atoms with Gasteiger partial charge in [0.25, 0.3) is 7.82 Å². The number of rotatable bonds is 14. The van der Waals surface area contributed by atoms with Crippen LogP contribution in [-0.2, 0) is 31.5 Å². The molecule has 2 aromatic rings. The van der Waals surface area contributed by atoms with Crippen LogP contribution in [0.2, 0.25) is 0 Å². The summed E-state index contributed by atoms with van der Waals surface area (Å²) < 4.78 is 19.3. The number of phosphoric acid groups is 1. The highest BCUT2D eigenvalue weighted by atomic mass is 31.2. The van der Waals surface area contributed by atoms with Gasteiger partial charge in [-0.3, -0.25) is 9.36 Å². The predicted octanol–water partition coefficient (Wildman–Crippen LogP) is 4.15. The summed E-state index contributed by atoms with van der Waals surface area (Å²) in [6.07, 6.45) is 3.41. The Morgan fingerprint density at radius 1 is 0.970 bits per heavy atom. The van der Waals surface area contributed by atoms with Gasteiger partial charge >= 0.3 is 5.97 Å². The van der Waals surface area contributed by atoms with Gasteiger partial charge in [-0.25, -0.2) is 0 Å². The van der Waals surface area contributed by atoms with E-state index < -0.39 is 33.1 Å². The van der Waals surface area contributed by atoms with E-state index in [1.807, 2.05) is 36.4 Å². The molecule has 2 aromatic carbocycles. The summed E-state index contributed by atoms with van der Waals surface area (Å²) in [5, 5.41) is 18.0. The van der Waals surface area contributed by atoms with Gasteiger partial charge in [0.15, 0.2) is 0 Å². The average molecular weight is 477 g/mol. The summed E-state index contributed by atoms with van der Waals surface area (Å²) in [5.41, 5.74) is 3.86. The van der Waals surface area contributed by atoms with E-state index in [-0.39, 0.29) is 6.42 Å². The highest BCUT2D eigenvalue weighted by Crippen LogP contribution is 2.30. The Hall–Kier alpha value is -2.42. The van der Waals surface area contributed by atoms with Gasteiger partial charge in [-0.15, -0.1) is 0 Å². The normalized spacial score (nSPS) is 14.2. The number of aliphatic hydroxyl groups excluding tert-OH is 1. The van der Waals surface area contributed by atoms with Crippen molar-refractivity contribution in [3.8, 4) is 0 Å². The quantitative estimate of drug-likeness (QED) is 0.237. The number of phosphoric ester groups is 1. The van der Waals surface area contributed by atoms with Gasteiger partial charge in [0, 0.05) is 6.42 Å². The van der Waals surface area contributed by atoms with E-state index >= 15 is 0 Å². The summed E-state index contributed by atoms with van der Waals surface area (Å²) in [5.74, 6) is -0.519. The van der Waals surface area contributed by atoms with Crippen LogP contribution in [0.25, 0.3) is 0 Å². The number of aliphatic hydroxyl groups is 1. The second kappa shape index (κ2) is 14.0. The van der Waals surface area contributed by atoms with Crippen LogP contribution < -0.4 is 4.89 Å². The first kappa shape index (κ1) is 26.8. The number of unbranched alkanes of at least 4 members (excludes halogenated alkanes) is 1. The molecule has 180 valence electrons. The number of ether oxygens (including phenoxy) is 1. The maximum absolute atomic E-state index is 11.7. The first-order valence-electron chi connectivity index (χ1n) is 10.9. The number of benzene rings is 2. The third kappa shape index (κ3) is 11.8. The van der Waals surface area contributed by atoms with Gasteiger partial charge in [0.1, 0.15) is 12.7 Å². The van der Waals surface area contributed by atoms with Gasteiger partial charge < -0.3 is 24.2 Å². The molecule has 0 saturated carbocycles. The summed E-state index contributed by atoms with van der Waals surface area (Å²) in [6, 6.07) is 15.6. The lowest BCUT2D eigenvalue weighted by Crippen LogP contribution is -2.24. The number of esters is 1. The molecule has 0 fully saturated rings. The van der Waals surface area contributed by atoms with Crippen LogP contribution in [0.3, 0.4) is 0 Å². The average Bonchev–Trinajstić information content (AvgIpc) is 2.79. The molecule has 2 atom stereocenters. The fourth-order valence-electron chi connectivity index (χ4n) is 2.88. The fourth-order valence-corrected chi connectivity index (χ4v) is 3.24. The molecule has 9 nitrogen and oxygen atoms in total. The summed E-state index contributed by atoms with van der Waals surface area (Å²) in [7, 11) is -4.91. The van der Waals surface area contributed by atoms with Crippen molar-refractivity contribution in [3.63, 3.8) is 0 Å². The van der Waals surface area contributed by atoms with Crippen molar-refractivity contribution >= 4 is 25.2 Å². The second-order valence-corrected chi connectivity index (χ2v) is 8.79. The molecular formula is C23H30N2O7P-. The van der Waals surface area contributed by atoms with Crippen LogP contribution in [0.1, 0.15) is 43.7 Å².